The van der Waals surface area contributed by atoms with Crippen molar-refractivity contribution in [3.8, 4) is 5.75 Å². The molecule has 118 valence electrons. The second kappa shape index (κ2) is 8.49. The van der Waals surface area contributed by atoms with Gasteiger partial charge in [-0.2, -0.15) is 0 Å². The van der Waals surface area contributed by atoms with E-state index in [2.05, 4.69) is 10.2 Å². The smallest absolute Gasteiger partial charge is 0.238 e. The Morgan fingerprint density at radius 2 is 2.00 bits per heavy atom. The number of amides is 1. The fraction of sp³-hybridized carbons (Fsp3) is 0.533. The molecule has 0 bridgehead atoms. The van der Waals surface area contributed by atoms with E-state index in [0.717, 1.165) is 19.5 Å². The first-order valence-corrected chi connectivity index (χ1v) is 6.99. The first kappa shape index (κ1) is 17.3. The lowest BCUT2D eigenvalue weighted by Crippen LogP contribution is -2.32. The number of nitrogens with zero attached hydrogens (tertiary/aromatic N) is 2. The minimum atomic E-state index is -0.0702. The summed E-state index contributed by atoms with van der Waals surface area (Å²) in [7, 11) is 7.60. The Hall–Kier alpha value is -1.79. The van der Waals surface area contributed by atoms with Crippen molar-refractivity contribution >= 4 is 17.3 Å². The fourth-order valence-electron chi connectivity index (χ4n) is 1.95. The van der Waals surface area contributed by atoms with Crippen molar-refractivity contribution in [3.05, 3.63) is 18.2 Å². The van der Waals surface area contributed by atoms with Crippen LogP contribution in [0.2, 0.25) is 0 Å². The molecule has 1 aromatic rings. The van der Waals surface area contributed by atoms with E-state index >= 15 is 0 Å². The minimum Gasteiger partial charge on any atom is -0.497 e. The van der Waals surface area contributed by atoms with E-state index in [0.29, 0.717) is 23.7 Å². The highest BCUT2D eigenvalue weighted by molar-refractivity contribution is 5.95. The Morgan fingerprint density at radius 3 is 2.57 bits per heavy atom. The molecule has 0 fully saturated rings. The van der Waals surface area contributed by atoms with Crippen LogP contribution in [0.5, 0.6) is 5.75 Å². The summed E-state index contributed by atoms with van der Waals surface area (Å²) in [5.74, 6) is 0.602. The highest BCUT2D eigenvalue weighted by atomic mass is 16.5. The lowest BCUT2D eigenvalue weighted by molar-refractivity contribution is -0.117. The van der Waals surface area contributed by atoms with Gasteiger partial charge in [0.1, 0.15) is 5.75 Å². The number of methoxy groups -OCH3 is 1. The summed E-state index contributed by atoms with van der Waals surface area (Å²) in [6.45, 7) is 2.24. The third-order valence-corrected chi connectivity index (χ3v) is 3.09. The van der Waals surface area contributed by atoms with Crippen molar-refractivity contribution in [1.29, 1.82) is 0 Å². The van der Waals surface area contributed by atoms with Crippen LogP contribution in [0.25, 0.3) is 0 Å². The third kappa shape index (κ3) is 6.46. The van der Waals surface area contributed by atoms with Gasteiger partial charge in [0.15, 0.2) is 0 Å². The van der Waals surface area contributed by atoms with Crippen molar-refractivity contribution in [2.45, 2.75) is 6.42 Å². The standard InChI is InChI=1S/C15H26N4O2/c1-18(2)8-5-9-19(3)11-15(20)17-14-7-6-12(21-4)10-13(14)16/h6-7,10H,5,8-9,11,16H2,1-4H3,(H,17,20). The Morgan fingerprint density at radius 1 is 1.29 bits per heavy atom. The number of rotatable bonds is 8. The molecule has 0 saturated heterocycles. The fourth-order valence-corrected chi connectivity index (χ4v) is 1.95. The molecule has 0 aromatic heterocycles. The van der Waals surface area contributed by atoms with E-state index in [9.17, 15) is 4.79 Å². The van der Waals surface area contributed by atoms with Crippen LogP contribution in [0.15, 0.2) is 18.2 Å². The zero-order chi connectivity index (χ0) is 15.8. The molecule has 0 aliphatic carbocycles. The van der Waals surface area contributed by atoms with Crippen molar-refractivity contribution in [2.75, 3.05) is 58.9 Å². The third-order valence-electron chi connectivity index (χ3n) is 3.09. The zero-order valence-electron chi connectivity index (χ0n) is 13.3. The molecule has 0 saturated carbocycles. The Kier molecular flexibility index (Phi) is 6.98. The molecule has 3 N–H and O–H groups in total. The van der Waals surface area contributed by atoms with Crippen LogP contribution in [-0.2, 0) is 4.79 Å². The highest BCUT2D eigenvalue weighted by Gasteiger charge is 2.09. The van der Waals surface area contributed by atoms with E-state index in [1.54, 1.807) is 25.3 Å². The summed E-state index contributed by atoms with van der Waals surface area (Å²) in [6, 6.07) is 5.21. The normalized spacial score (nSPS) is 11.0. The van der Waals surface area contributed by atoms with Gasteiger partial charge in [0, 0.05) is 6.07 Å². The molecule has 0 aliphatic rings. The molecule has 0 radical (unpaired) electrons. The predicted molar refractivity (Wildman–Crippen MR) is 86.7 cm³/mol. The van der Waals surface area contributed by atoms with Crippen LogP contribution < -0.4 is 15.8 Å². The van der Waals surface area contributed by atoms with Crippen LogP contribution in [0.3, 0.4) is 0 Å². The summed E-state index contributed by atoms with van der Waals surface area (Å²) >= 11 is 0. The van der Waals surface area contributed by atoms with E-state index in [1.807, 2.05) is 26.0 Å². The van der Waals surface area contributed by atoms with Crippen molar-refractivity contribution in [3.63, 3.8) is 0 Å². The number of carbonyl (C=O) groups excluding carboxylic acids is 1. The van der Waals surface area contributed by atoms with Crippen LogP contribution in [-0.4, -0.2) is 63.6 Å². The summed E-state index contributed by atoms with van der Waals surface area (Å²) in [5.41, 5.74) is 6.99. The predicted octanol–water partition coefficient (Wildman–Crippen LogP) is 1.10. The highest BCUT2D eigenvalue weighted by Crippen LogP contribution is 2.23. The number of likely N-dealkylation sites (N-methyl/N-ethyl adjacent to an activating group) is 1. The average Bonchev–Trinajstić information content (AvgIpc) is 2.40. The molecule has 0 atom stereocenters. The number of anilines is 2. The van der Waals surface area contributed by atoms with Gasteiger partial charge in [0.05, 0.1) is 25.0 Å². The maximum atomic E-state index is 12.0. The maximum Gasteiger partial charge on any atom is 0.238 e. The van der Waals surface area contributed by atoms with Gasteiger partial charge < -0.3 is 20.7 Å². The molecule has 0 aliphatic heterocycles. The average molecular weight is 294 g/mol. The van der Waals surface area contributed by atoms with Crippen LogP contribution in [0.4, 0.5) is 11.4 Å². The van der Waals surface area contributed by atoms with Crippen LogP contribution in [0, 0.1) is 0 Å². The lowest BCUT2D eigenvalue weighted by atomic mass is 10.2. The number of nitrogens with two attached hydrogens (primary N) is 1. The van der Waals surface area contributed by atoms with E-state index < -0.39 is 0 Å². The summed E-state index contributed by atoms with van der Waals surface area (Å²) in [4.78, 5) is 16.1. The molecular formula is C15H26N4O2. The molecule has 6 heteroatoms. The van der Waals surface area contributed by atoms with E-state index in [-0.39, 0.29) is 5.91 Å². The van der Waals surface area contributed by atoms with Crippen molar-refractivity contribution in [1.82, 2.24) is 9.80 Å². The molecule has 0 unspecified atom stereocenters. The molecule has 6 nitrogen and oxygen atoms in total. The number of nitrogen functional groups attached to an aromatic ring is 1. The van der Waals surface area contributed by atoms with Gasteiger partial charge >= 0.3 is 0 Å². The number of carbonyl (C=O) groups is 1. The van der Waals surface area contributed by atoms with Gasteiger partial charge in [-0.1, -0.05) is 0 Å². The number of hydrogen-bond acceptors (Lipinski definition) is 5. The van der Waals surface area contributed by atoms with E-state index in [1.165, 1.54) is 0 Å². The van der Waals surface area contributed by atoms with Gasteiger partial charge in [-0.15, -0.1) is 0 Å². The largest absolute Gasteiger partial charge is 0.497 e. The Bertz CT molecular complexity index is 463. The molecular weight excluding hydrogens is 268 g/mol. The van der Waals surface area contributed by atoms with Crippen molar-refractivity contribution < 1.29 is 9.53 Å². The first-order valence-electron chi connectivity index (χ1n) is 6.99. The quantitative estimate of drug-likeness (QED) is 0.703. The molecule has 0 spiro atoms. The van der Waals surface area contributed by atoms with Gasteiger partial charge in [0.2, 0.25) is 5.91 Å². The molecule has 1 rings (SSSR count). The van der Waals surface area contributed by atoms with Gasteiger partial charge in [0.25, 0.3) is 0 Å². The summed E-state index contributed by atoms with van der Waals surface area (Å²) < 4.78 is 5.08. The van der Waals surface area contributed by atoms with Crippen LogP contribution >= 0.6 is 0 Å². The molecule has 1 aromatic carbocycles. The SMILES string of the molecule is COc1ccc(NC(=O)CN(C)CCCN(C)C)c(N)c1. The number of ether oxygens (including phenoxy) is 1. The van der Waals surface area contributed by atoms with E-state index in [4.69, 9.17) is 10.5 Å². The number of nitrogens with one attached hydrogen (secondary N) is 1. The molecule has 1 amide bonds. The van der Waals surface area contributed by atoms with Crippen LogP contribution in [0.1, 0.15) is 6.42 Å². The van der Waals surface area contributed by atoms with Crippen molar-refractivity contribution in [2.24, 2.45) is 0 Å². The van der Waals surface area contributed by atoms with Gasteiger partial charge in [-0.05, 0) is 52.8 Å². The number of benzene rings is 1. The van der Waals surface area contributed by atoms with Gasteiger partial charge in [-0.3, -0.25) is 9.69 Å². The Labute approximate surface area is 126 Å². The maximum absolute atomic E-state index is 12.0. The number of hydrogen-bond donors (Lipinski definition) is 2. The second-order valence-corrected chi connectivity index (χ2v) is 5.40. The molecule has 0 heterocycles. The molecule has 21 heavy (non-hydrogen) atoms. The second-order valence-electron chi connectivity index (χ2n) is 5.40. The minimum absolute atomic E-state index is 0.0702. The summed E-state index contributed by atoms with van der Waals surface area (Å²) in [6.07, 6.45) is 1.03. The Balaban J connectivity index is 2.42. The monoisotopic (exact) mass is 294 g/mol. The lowest BCUT2D eigenvalue weighted by Gasteiger charge is -2.18. The van der Waals surface area contributed by atoms with Gasteiger partial charge in [-0.25, -0.2) is 0 Å². The summed E-state index contributed by atoms with van der Waals surface area (Å²) in [5, 5.41) is 2.82. The topological polar surface area (TPSA) is 70.8 Å². The first-order chi connectivity index (χ1) is 9.92. The zero-order valence-corrected chi connectivity index (χ0v) is 13.3.